The summed E-state index contributed by atoms with van der Waals surface area (Å²) in [6.07, 6.45) is 0.301. The summed E-state index contributed by atoms with van der Waals surface area (Å²) in [7, 11) is -0.742. The van der Waals surface area contributed by atoms with E-state index in [4.69, 9.17) is 4.74 Å². The number of ether oxygens (including phenoxy) is 1. The molecule has 1 atom stereocenters. The number of nitrogens with zero attached hydrogens (tertiary/aromatic N) is 1. The van der Waals surface area contributed by atoms with Gasteiger partial charge in [0.05, 0.1) is 23.1 Å². The van der Waals surface area contributed by atoms with E-state index in [1.165, 1.54) is 48.4 Å². The van der Waals surface area contributed by atoms with Crippen LogP contribution in [0.1, 0.15) is 35.3 Å². The van der Waals surface area contributed by atoms with Crippen LogP contribution in [0.4, 0.5) is 4.39 Å². The Morgan fingerprint density at radius 3 is 2.13 bits per heavy atom. The maximum absolute atomic E-state index is 13.5. The number of hydrogen-bond donors (Lipinski definition) is 1. The predicted octanol–water partition coefficient (Wildman–Crippen LogP) is 4.02. The van der Waals surface area contributed by atoms with E-state index < -0.39 is 33.3 Å². The summed E-state index contributed by atoms with van der Waals surface area (Å²) in [6.45, 7) is 3.64. The molecule has 0 unspecified atom stereocenters. The van der Waals surface area contributed by atoms with Gasteiger partial charge in [0.25, 0.3) is 5.91 Å². The molecule has 0 spiro atoms. The Morgan fingerprint density at radius 2 is 1.55 bits per heavy atom. The first-order valence-corrected chi connectivity index (χ1v) is 13.6. The van der Waals surface area contributed by atoms with Gasteiger partial charge in [-0.05, 0) is 67.8 Å². The molecule has 0 aliphatic carbocycles. The lowest BCUT2D eigenvalue weighted by Crippen LogP contribution is -2.46. The topological polar surface area (TPSA) is 92.8 Å². The van der Waals surface area contributed by atoms with Crippen LogP contribution in [0, 0.1) is 5.82 Å². The smallest absolute Gasteiger partial charge is 0.254 e. The van der Waals surface area contributed by atoms with Crippen molar-refractivity contribution >= 4 is 21.7 Å². The van der Waals surface area contributed by atoms with E-state index in [0.717, 1.165) is 5.56 Å². The number of Topliss-reactive ketones (excluding diaryl/α,β-unsaturated/α-hetero) is 1. The molecule has 0 aliphatic rings. The number of methoxy groups -OCH3 is 1. The fourth-order valence-corrected chi connectivity index (χ4v) is 5.56. The number of benzene rings is 3. The van der Waals surface area contributed by atoms with Gasteiger partial charge in [0.15, 0.2) is 5.78 Å². The second-order valence-electron chi connectivity index (χ2n) is 9.84. The molecule has 0 fully saturated rings. The highest BCUT2D eigenvalue weighted by Gasteiger charge is 2.29. The zero-order chi connectivity index (χ0) is 27.9. The highest BCUT2D eigenvalue weighted by atomic mass is 32.2. The van der Waals surface area contributed by atoms with Crippen molar-refractivity contribution < 1.29 is 27.1 Å². The van der Waals surface area contributed by atoms with Crippen molar-refractivity contribution in [3.05, 3.63) is 101 Å². The van der Waals surface area contributed by atoms with Crippen LogP contribution in [0.25, 0.3) is 0 Å². The van der Waals surface area contributed by atoms with Crippen LogP contribution in [0.3, 0.4) is 0 Å². The highest BCUT2D eigenvalue weighted by Crippen LogP contribution is 2.18. The van der Waals surface area contributed by atoms with Gasteiger partial charge in [-0.25, -0.2) is 17.5 Å². The van der Waals surface area contributed by atoms with Gasteiger partial charge in [0.1, 0.15) is 5.82 Å². The Bertz CT molecular complexity index is 1340. The van der Waals surface area contributed by atoms with Crippen LogP contribution >= 0.6 is 0 Å². The highest BCUT2D eigenvalue weighted by molar-refractivity contribution is 7.89. The van der Waals surface area contributed by atoms with Crippen molar-refractivity contribution in [1.82, 2.24) is 9.62 Å². The van der Waals surface area contributed by atoms with E-state index in [0.29, 0.717) is 12.0 Å². The van der Waals surface area contributed by atoms with Gasteiger partial charge in [-0.2, -0.15) is 0 Å². The Labute approximate surface area is 223 Å². The molecular weight excluding hydrogens is 507 g/mol. The van der Waals surface area contributed by atoms with Crippen molar-refractivity contribution in [2.24, 2.45) is 0 Å². The minimum Gasteiger partial charge on any atom is -0.383 e. The number of rotatable bonds is 12. The number of nitrogens with one attached hydrogen (secondary N) is 1. The van der Waals surface area contributed by atoms with Crippen molar-refractivity contribution in [2.45, 2.75) is 43.2 Å². The number of amides is 1. The van der Waals surface area contributed by atoms with E-state index >= 15 is 0 Å². The lowest BCUT2D eigenvalue weighted by molar-refractivity contribution is -0.122. The summed E-state index contributed by atoms with van der Waals surface area (Å²) in [5, 5.41) is 0. The molecule has 0 radical (unpaired) electrons. The molecule has 0 heterocycles. The maximum atomic E-state index is 13.5. The summed E-state index contributed by atoms with van der Waals surface area (Å²) in [4.78, 5) is 28.1. The second-order valence-corrected chi connectivity index (χ2v) is 11.5. The van der Waals surface area contributed by atoms with Gasteiger partial charge in [-0.1, -0.05) is 42.5 Å². The van der Waals surface area contributed by atoms with Gasteiger partial charge in [-0.3, -0.25) is 9.59 Å². The number of sulfonamides is 1. The fraction of sp³-hybridized carbons (Fsp3) is 0.310. The SMILES string of the molecule is COCC(C)(C)NS(=O)(=O)c1ccc(CC(=O)[C@H](Cc2ccccc2)N(C)C(=O)c2ccc(F)cc2)cc1. The average Bonchev–Trinajstić information content (AvgIpc) is 2.87. The molecule has 0 saturated heterocycles. The van der Waals surface area contributed by atoms with Gasteiger partial charge in [0, 0.05) is 26.1 Å². The molecule has 3 aromatic rings. The minimum atomic E-state index is -3.80. The molecule has 0 aliphatic heterocycles. The molecule has 0 bridgehead atoms. The zero-order valence-corrected chi connectivity index (χ0v) is 22.8. The summed E-state index contributed by atoms with van der Waals surface area (Å²) in [6, 6.07) is 19.9. The van der Waals surface area contributed by atoms with Crippen molar-refractivity contribution in [1.29, 1.82) is 0 Å². The van der Waals surface area contributed by atoms with Crippen molar-refractivity contribution in [3.63, 3.8) is 0 Å². The second kappa shape index (κ2) is 12.4. The Morgan fingerprint density at radius 1 is 0.947 bits per heavy atom. The van der Waals surface area contributed by atoms with E-state index in [1.54, 1.807) is 33.0 Å². The van der Waals surface area contributed by atoms with Crippen LogP contribution in [-0.2, 0) is 32.4 Å². The third kappa shape index (κ3) is 7.80. The van der Waals surface area contributed by atoms with Crippen molar-refractivity contribution in [3.8, 4) is 0 Å². The van der Waals surface area contributed by atoms with E-state index in [-0.39, 0.29) is 29.3 Å². The fourth-order valence-electron chi connectivity index (χ4n) is 4.16. The summed E-state index contributed by atoms with van der Waals surface area (Å²) < 4.78 is 46.6. The normalized spacial score (nSPS) is 12.7. The summed E-state index contributed by atoms with van der Waals surface area (Å²) in [5.41, 5.74) is 0.981. The van der Waals surface area contributed by atoms with Gasteiger partial charge in [0.2, 0.25) is 10.0 Å². The lowest BCUT2D eigenvalue weighted by atomic mass is 9.96. The summed E-state index contributed by atoms with van der Waals surface area (Å²) >= 11 is 0. The van der Waals surface area contributed by atoms with E-state index in [9.17, 15) is 22.4 Å². The molecule has 7 nitrogen and oxygen atoms in total. The molecule has 1 N–H and O–H groups in total. The van der Waals surface area contributed by atoms with Gasteiger partial charge in [-0.15, -0.1) is 0 Å². The average molecular weight is 541 g/mol. The number of halogens is 1. The maximum Gasteiger partial charge on any atom is 0.254 e. The number of likely N-dealkylation sites (N-methyl/N-ethyl adjacent to an activating group) is 1. The van der Waals surface area contributed by atoms with Gasteiger partial charge >= 0.3 is 0 Å². The van der Waals surface area contributed by atoms with Crippen molar-refractivity contribution in [2.75, 3.05) is 20.8 Å². The van der Waals surface area contributed by atoms with Crippen LogP contribution in [-0.4, -0.2) is 57.4 Å². The third-order valence-corrected chi connectivity index (χ3v) is 7.76. The van der Waals surface area contributed by atoms with Crippen LogP contribution in [0.5, 0.6) is 0 Å². The Kier molecular flexibility index (Phi) is 9.54. The van der Waals surface area contributed by atoms with Crippen LogP contribution in [0.2, 0.25) is 0 Å². The largest absolute Gasteiger partial charge is 0.383 e. The first-order chi connectivity index (χ1) is 17.9. The number of carbonyl (C=O) groups excluding carboxylic acids is 2. The predicted molar refractivity (Wildman–Crippen MR) is 144 cm³/mol. The van der Waals surface area contributed by atoms with Crippen LogP contribution < -0.4 is 4.72 Å². The molecule has 202 valence electrons. The lowest BCUT2D eigenvalue weighted by Gasteiger charge is -2.28. The Balaban J connectivity index is 1.80. The molecule has 1 amide bonds. The number of hydrogen-bond acceptors (Lipinski definition) is 5. The quantitative estimate of drug-likeness (QED) is 0.375. The molecular formula is C29H33FN2O5S. The van der Waals surface area contributed by atoms with Crippen LogP contribution in [0.15, 0.2) is 83.8 Å². The molecule has 3 aromatic carbocycles. The summed E-state index contributed by atoms with van der Waals surface area (Å²) in [5.74, 6) is -1.06. The Hall–Kier alpha value is -3.40. The molecule has 38 heavy (non-hydrogen) atoms. The van der Waals surface area contributed by atoms with E-state index in [1.807, 2.05) is 30.3 Å². The molecule has 9 heteroatoms. The monoisotopic (exact) mass is 540 g/mol. The number of ketones is 1. The van der Waals surface area contributed by atoms with E-state index in [2.05, 4.69) is 4.72 Å². The molecule has 0 saturated carbocycles. The molecule has 3 rings (SSSR count). The standard InChI is InChI=1S/C29H33FN2O5S/c1-29(2,20-37-4)31-38(35,36)25-16-10-22(11-17-25)19-27(33)26(18-21-8-6-5-7-9-21)32(3)28(34)23-12-14-24(30)15-13-23/h5-17,26,31H,18-20H2,1-4H3/t26-/m0/s1. The minimum absolute atomic E-state index is 0.00145. The van der Waals surface area contributed by atoms with Gasteiger partial charge < -0.3 is 9.64 Å². The first kappa shape index (κ1) is 29.2. The first-order valence-electron chi connectivity index (χ1n) is 12.1. The molecule has 0 aromatic heterocycles. The number of carbonyl (C=O) groups is 2. The zero-order valence-electron chi connectivity index (χ0n) is 22.0. The third-order valence-electron chi connectivity index (χ3n) is 6.05.